The molecule has 0 aliphatic carbocycles. The van der Waals surface area contributed by atoms with Crippen LogP contribution in [0.25, 0.3) is 0 Å². The van der Waals surface area contributed by atoms with E-state index >= 15 is 0 Å². The molecule has 5 heteroatoms. The van der Waals surface area contributed by atoms with Gasteiger partial charge in [0.2, 0.25) is 0 Å². The Kier molecular flexibility index (Phi) is 4.80. The standard InChI is InChI=1S/C14H14BrClN2O/c1-18(8-10-3-2-4-12(15)5-10)14-13(16)6-11(9-19)7-17-14/h2-7,19H,8-9H2,1H3. The van der Waals surface area contributed by atoms with Crippen LogP contribution in [0.2, 0.25) is 5.02 Å². The maximum absolute atomic E-state index is 9.04. The Balaban J connectivity index is 2.18. The molecule has 0 unspecified atom stereocenters. The topological polar surface area (TPSA) is 36.4 Å². The first-order valence-corrected chi connectivity index (χ1v) is 6.98. The first kappa shape index (κ1) is 14.3. The van der Waals surface area contributed by atoms with Crippen LogP contribution < -0.4 is 4.90 Å². The monoisotopic (exact) mass is 340 g/mol. The number of aliphatic hydroxyl groups is 1. The third kappa shape index (κ3) is 3.69. The fourth-order valence-corrected chi connectivity index (χ4v) is 2.60. The zero-order chi connectivity index (χ0) is 13.8. The smallest absolute Gasteiger partial charge is 0.147 e. The van der Waals surface area contributed by atoms with Crippen molar-refractivity contribution in [1.82, 2.24) is 4.98 Å². The number of aromatic nitrogens is 1. The molecule has 1 aromatic carbocycles. The van der Waals surface area contributed by atoms with E-state index in [1.54, 1.807) is 12.3 Å². The summed E-state index contributed by atoms with van der Waals surface area (Å²) < 4.78 is 1.05. The van der Waals surface area contributed by atoms with Crippen LogP contribution in [0.4, 0.5) is 5.82 Å². The molecule has 0 saturated carbocycles. The van der Waals surface area contributed by atoms with Gasteiger partial charge in [0, 0.05) is 24.3 Å². The Bertz CT molecular complexity index is 577. The van der Waals surface area contributed by atoms with Gasteiger partial charge in [0.05, 0.1) is 11.6 Å². The van der Waals surface area contributed by atoms with Crippen molar-refractivity contribution in [1.29, 1.82) is 0 Å². The molecular weight excluding hydrogens is 328 g/mol. The van der Waals surface area contributed by atoms with Gasteiger partial charge in [0.15, 0.2) is 0 Å². The summed E-state index contributed by atoms with van der Waals surface area (Å²) in [7, 11) is 1.94. The molecule has 3 nitrogen and oxygen atoms in total. The second-order valence-corrected chi connectivity index (χ2v) is 5.62. The molecule has 0 atom stereocenters. The van der Waals surface area contributed by atoms with E-state index in [1.807, 2.05) is 24.1 Å². The average molecular weight is 342 g/mol. The van der Waals surface area contributed by atoms with Crippen molar-refractivity contribution in [3.8, 4) is 0 Å². The van der Waals surface area contributed by atoms with E-state index < -0.39 is 0 Å². The molecule has 1 heterocycles. The fraction of sp³-hybridized carbons (Fsp3) is 0.214. The van der Waals surface area contributed by atoms with Crippen LogP contribution in [0.5, 0.6) is 0 Å². The van der Waals surface area contributed by atoms with E-state index in [-0.39, 0.29) is 6.61 Å². The van der Waals surface area contributed by atoms with Crippen molar-refractivity contribution in [2.24, 2.45) is 0 Å². The number of hydrogen-bond acceptors (Lipinski definition) is 3. The number of rotatable bonds is 4. The van der Waals surface area contributed by atoms with Gasteiger partial charge in [-0.2, -0.15) is 0 Å². The second kappa shape index (κ2) is 6.37. The first-order valence-electron chi connectivity index (χ1n) is 5.81. The normalized spacial score (nSPS) is 10.5. The zero-order valence-corrected chi connectivity index (χ0v) is 12.8. The number of pyridine rings is 1. The van der Waals surface area contributed by atoms with E-state index in [4.69, 9.17) is 16.7 Å². The van der Waals surface area contributed by atoms with Crippen molar-refractivity contribution >= 4 is 33.3 Å². The fourth-order valence-electron chi connectivity index (χ4n) is 1.82. The van der Waals surface area contributed by atoms with E-state index in [9.17, 15) is 0 Å². The minimum absolute atomic E-state index is 0.0532. The summed E-state index contributed by atoms with van der Waals surface area (Å²) in [5.41, 5.74) is 1.88. The minimum atomic E-state index is -0.0532. The predicted octanol–water partition coefficient (Wildman–Crippen LogP) is 3.63. The second-order valence-electron chi connectivity index (χ2n) is 4.29. The minimum Gasteiger partial charge on any atom is -0.392 e. The summed E-state index contributed by atoms with van der Waals surface area (Å²) in [6.45, 7) is 0.660. The van der Waals surface area contributed by atoms with Crippen molar-refractivity contribution < 1.29 is 5.11 Å². The molecule has 0 saturated heterocycles. The highest BCUT2D eigenvalue weighted by Gasteiger charge is 2.09. The lowest BCUT2D eigenvalue weighted by Crippen LogP contribution is -2.18. The number of nitrogens with zero attached hydrogens (tertiary/aromatic N) is 2. The molecule has 19 heavy (non-hydrogen) atoms. The van der Waals surface area contributed by atoms with Crippen LogP contribution in [-0.4, -0.2) is 17.1 Å². The van der Waals surface area contributed by atoms with Gasteiger partial charge in [-0.25, -0.2) is 4.98 Å². The third-order valence-corrected chi connectivity index (χ3v) is 3.50. The van der Waals surface area contributed by atoms with Gasteiger partial charge in [0.1, 0.15) is 5.82 Å². The molecule has 2 rings (SSSR count). The van der Waals surface area contributed by atoms with Gasteiger partial charge in [0.25, 0.3) is 0 Å². The molecule has 0 fully saturated rings. The lowest BCUT2D eigenvalue weighted by Gasteiger charge is -2.19. The van der Waals surface area contributed by atoms with Crippen LogP contribution in [0, 0.1) is 0 Å². The molecule has 0 aliphatic heterocycles. The Hall–Kier alpha value is -1.10. The van der Waals surface area contributed by atoms with Gasteiger partial charge in [-0.3, -0.25) is 0 Å². The Labute approximate surface area is 126 Å². The highest BCUT2D eigenvalue weighted by Crippen LogP contribution is 2.25. The summed E-state index contributed by atoms with van der Waals surface area (Å²) in [4.78, 5) is 6.27. The summed E-state index contributed by atoms with van der Waals surface area (Å²) in [5, 5.41) is 9.59. The maximum atomic E-state index is 9.04. The molecule has 0 aliphatic rings. The van der Waals surface area contributed by atoms with Crippen molar-refractivity contribution in [2.45, 2.75) is 13.2 Å². The van der Waals surface area contributed by atoms with Crippen LogP contribution in [-0.2, 0) is 13.2 Å². The lowest BCUT2D eigenvalue weighted by atomic mass is 10.2. The number of benzene rings is 1. The highest BCUT2D eigenvalue weighted by atomic mass is 79.9. The Morgan fingerprint density at radius 2 is 2.11 bits per heavy atom. The summed E-state index contributed by atoms with van der Waals surface area (Å²) in [5.74, 6) is 0.707. The Morgan fingerprint density at radius 1 is 1.32 bits per heavy atom. The SMILES string of the molecule is CN(Cc1cccc(Br)c1)c1ncc(CO)cc1Cl. The molecule has 0 radical (unpaired) electrons. The van der Waals surface area contributed by atoms with Crippen molar-refractivity contribution in [3.05, 3.63) is 57.2 Å². The summed E-state index contributed by atoms with van der Waals surface area (Å²) in [6, 6.07) is 9.84. The van der Waals surface area contributed by atoms with E-state index in [0.717, 1.165) is 4.47 Å². The molecule has 0 bridgehead atoms. The van der Waals surface area contributed by atoms with Crippen molar-refractivity contribution in [3.63, 3.8) is 0 Å². The van der Waals surface area contributed by atoms with Gasteiger partial charge in [-0.05, 0) is 29.3 Å². The van der Waals surface area contributed by atoms with Gasteiger partial charge >= 0.3 is 0 Å². The Morgan fingerprint density at radius 3 is 2.74 bits per heavy atom. The quantitative estimate of drug-likeness (QED) is 0.922. The maximum Gasteiger partial charge on any atom is 0.147 e. The molecule has 0 amide bonds. The number of anilines is 1. The summed E-state index contributed by atoms with van der Waals surface area (Å²) >= 11 is 9.63. The number of hydrogen-bond donors (Lipinski definition) is 1. The van der Waals surface area contributed by atoms with Crippen molar-refractivity contribution in [2.75, 3.05) is 11.9 Å². The first-order chi connectivity index (χ1) is 9.10. The van der Waals surface area contributed by atoms with E-state index in [2.05, 4.69) is 33.0 Å². The van der Waals surface area contributed by atoms with E-state index in [1.165, 1.54) is 5.56 Å². The molecule has 1 N–H and O–H groups in total. The highest BCUT2D eigenvalue weighted by molar-refractivity contribution is 9.10. The van der Waals surface area contributed by atoms with Gasteiger partial charge < -0.3 is 10.0 Å². The van der Waals surface area contributed by atoms with Crippen LogP contribution >= 0.6 is 27.5 Å². The molecular formula is C14H14BrClN2O. The summed E-state index contributed by atoms with van der Waals surface area (Å²) in [6.07, 6.45) is 1.64. The van der Waals surface area contributed by atoms with Crippen LogP contribution in [0.3, 0.4) is 0 Å². The van der Waals surface area contributed by atoms with E-state index in [0.29, 0.717) is 22.9 Å². The molecule has 100 valence electrons. The largest absolute Gasteiger partial charge is 0.392 e. The zero-order valence-electron chi connectivity index (χ0n) is 10.5. The number of halogens is 2. The van der Waals surface area contributed by atoms with Crippen LogP contribution in [0.1, 0.15) is 11.1 Å². The molecule has 2 aromatic rings. The van der Waals surface area contributed by atoms with Gasteiger partial charge in [-0.1, -0.05) is 39.7 Å². The molecule has 0 spiro atoms. The number of aliphatic hydroxyl groups excluding tert-OH is 1. The average Bonchev–Trinajstić information content (AvgIpc) is 2.38. The lowest BCUT2D eigenvalue weighted by molar-refractivity contribution is 0.281. The van der Waals surface area contributed by atoms with Crippen LogP contribution in [0.15, 0.2) is 41.0 Å². The third-order valence-electron chi connectivity index (χ3n) is 2.73. The van der Waals surface area contributed by atoms with Gasteiger partial charge in [-0.15, -0.1) is 0 Å². The molecule has 1 aromatic heterocycles. The predicted molar refractivity (Wildman–Crippen MR) is 81.4 cm³/mol.